The first kappa shape index (κ1) is 54.1. The maximum absolute atomic E-state index is 14.2. The van der Waals surface area contributed by atoms with Gasteiger partial charge >= 0.3 is 49.4 Å². The summed E-state index contributed by atoms with van der Waals surface area (Å²) in [5.41, 5.74) is -28.9. The normalized spacial score (nSPS) is 13.9. The van der Waals surface area contributed by atoms with Crippen LogP contribution in [0, 0.1) is 0 Å². The fourth-order valence-electron chi connectivity index (χ4n) is 6.95. The van der Waals surface area contributed by atoms with E-state index in [1.54, 1.807) is 0 Å². The summed E-state index contributed by atoms with van der Waals surface area (Å²) in [5.74, 6) is 0. The van der Waals surface area contributed by atoms with Crippen LogP contribution in [0.5, 0.6) is 0 Å². The van der Waals surface area contributed by atoms with Crippen molar-refractivity contribution >= 4 is 33.7 Å². The molecule has 0 aliphatic rings. The molecule has 0 saturated carbocycles. The number of hydrogen-bond donors (Lipinski definition) is 0. The van der Waals surface area contributed by atoms with Gasteiger partial charge in [-0.1, -0.05) is 66.7 Å². The summed E-state index contributed by atoms with van der Waals surface area (Å²) in [6.07, 6.45) is -54.8. The predicted octanol–water partition coefficient (Wildman–Crippen LogP) is 13.1. The largest absolute Gasteiger partial charge is 0.416 e. The van der Waals surface area contributed by atoms with E-state index in [1.165, 1.54) is 5.69 Å². The molecule has 0 amide bonds. The van der Waals surface area contributed by atoms with Crippen LogP contribution in [0.15, 0.2) is 103 Å². The molecule has 0 fully saturated rings. The van der Waals surface area contributed by atoms with Gasteiger partial charge in [0.25, 0.3) is 0 Å². The molecule has 0 radical (unpaired) electrons. The molecule has 0 saturated heterocycles. The topological polar surface area (TPSA) is 0 Å². The summed E-state index contributed by atoms with van der Waals surface area (Å²) < 4.78 is 342. The molecule has 67 heavy (non-hydrogen) atoms. The van der Waals surface area contributed by atoms with E-state index in [9.17, 15) is 105 Å². The van der Waals surface area contributed by atoms with E-state index >= 15 is 0 Å². The van der Waals surface area contributed by atoms with Crippen LogP contribution >= 0.6 is 0 Å². The van der Waals surface area contributed by atoms with Gasteiger partial charge in [0.05, 0.1) is 65.7 Å². The molecule has 0 spiro atoms. The van der Waals surface area contributed by atoms with Crippen LogP contribution in [0.1, 0.15) is 44.5 Å². The molecule has 5 aromatic carbocycles. The van der Waals surface area contributed by atoms with E-state index in [4.69, 9.17) is 0 Å². The first-order valence-electron chi connectivity index (χ1n) is 18.1. The molecule has 0 aliphatic heterocycles. The van der Waals surface area contributed by atoms with Crippen LogP contribution in [0.3, 0.4) is 0 Å². The third-order valence-corrected chi connectivity index (χ3v) is 9.97. The minimum absolute atomic E-state index is 0.691. The monoisotopic (exact) mass is 999 g/mol. The molecule has 0 atom stereocenters. The molecule has 5 rings (SSSR count). The number of halogens is 24. The Balaban J connectivity index is 0.000000865. The fourth-order valence-corrected chi connectivity index (χ4v) is 6.95. The second kappa shape index (κ2) is 17.5. The third-order valence-electron chi connectivity index (χ3n) is 9.97. The van der Waals surface area contributed by atoms with Gasteiger partial charge in [-0.05, 0) is 36.4 Å². The lowest BCUT2D eigenvalue weighted by atomic mass is 9.12. The second-order valence-corrected chi connectivity index (χ2v) is 15.6. The molecule has 1 nitrogen and oxygen atoms in total. The number of quaternary nitrogens is 1. The van der Waals surface area contributed by atoms with E-state index in [2.05, 4.69) is 45.4 Å². The number of para-hydroxylation sites is 1. The lowest BCUT2D eigenvalue weighted by molar-refractivity contribution is -0.144. The predicted molar refractivity (Wildman–Crippen MR) is 196 cm³/mol. The molecule has 0 unspecified atom stereocenters. The zero-order chi connectivity index (χ0) is 51.5. The van der Waals surface area contributed by atoms with Gasteiger partial charge in [-0.15, -0.1) is 0 Å². The molecular formula is C41H26BF24N. The summed E-state index contributed by atoms with van der Waals surface area (Å²) in [6, 6.07) is 1.64. The summed E-state index contributed by atoms with van der Waals surface area (Å²) in [5, 5.41) is 0. The van der Waals surface area contributed by atoms with Crippen molar-refractivity contribution in [3.63, 3.8) is 0 Å². The van der Waals surface area contributed by atoms with E-state index in [0.29, 0.717) is 0 Å². The van der Waals surface area contributed by atoms with Gasteiger partial charge in [-0.2, -0.15) is 127 Å². The van der Waals surface area contributed by atoms with Crippen molar-refractivity contribution in [1.29, 1.82) is 0 Å². The maximum atomic E-state index is 14.2. The average Bonchev–Trinajstić information content (AvgIpc) is 3.15. The number of nitrogens with zero attached hydrogens (tertiary/aromatic N) is 1. The Morgan fingerprint density at radius 3 is 0.552 bits per heavy atom. The molecule has 366 valence electrons. The Kier molecular flexibility index (Phi) is 14.1. The van der Waals surface area contributed by atoms with Crippen LogP contribution in [-0.4, -0.2) is 27.3 Å². The van der Waals surface area contributed by atoms with Gasteiger partial charge in [-0.25, -0.2) is 0 Å². The highest BCUT2D eigenvalue weighted by atomic mass is 19.4. The van der Waals surface area contributed by atoms with E-state index in [-0.39, 0.29) is 0 Å². The lowest BCUT2D eigenvalue weighted by Gasteiger charge is -2.46. The minimum atomic E-state index is -6.13. The van der Waals surface area contributed by atoms with Gasteiger partial charge < -0.3 is 0 Å². The van der Waals surface area contributed by atoms with Crippen molar-refractivity contribution in [1.82, 2.24) is 4.48 Å². The van der Waals surface area contributed by atoms with Gasteiger partial charge in [0.1, 0.15) is 11.8 Å². The second-order valence-electron chi connectivity index (χ2n) is 15.6. The van der Waals surface area contributed by atoms with Crippen molar-refractivity contribution < 1.29 is 105 Å². The Morgan fingerprint density at radius 1 is 0.269 bits per heavy atom. The number of benzene rings is 5. The van der Waals surface area contributed by atoms with Crippen LogP contribution in [0.2, 0.25) is 0 Å². The Bertz CT molecular complexity index is 2110. The van der Waals surface area contributed by atoms with Gasteiger partial charge in [0.15, 0.2) is 0 Å². The quantitative estimate of drug-likeness (QED) is 0.0935. The smallest absolute Gasteiger partial charge is 0.298 e. The number of rotatable bonds is 5. The van der Waals surface area contributed by atoms with Crippen molar-refractivity contribution in [3.8, 4) is 0 Å². The first-order valence-corrected chi connectivity index (χ1v) is 18.1. The Labute approximate surface area is 361 Å². The fraction of sp³-hybridized carbons (Fsp3) is 0.268. The summed E-state index contributed by atoms with van der Waals surface area (Å²) in [7, 11) is 6.49. The minimum Gasteiger partial charge on any atom is -0.298 e. The van der Waals surface area contributed by atoms with Crippen LogP contribution in [0.4, 0.5) is 111 Å². The highest BCUT2D eigenvalue weighted by Crippen LogP contribution is 2.41. The Hall–Kier alpha value is -5.56. The molecule has 0 aromatic heterocycles. The van der Waals surface area contributed by atoms with E-state index in [0.717, 1.165) is 4.48 Å². The first-order chi connectivity index (χ1) is 29.9. The maximum Gasteiger partial charge on any atom is 0.416 e. The van der Waals surface area contributed by atoms with Crippen LogP contribution < -0.4 is 26.3 Å². The third kappa shape index (κ3) is 12.5. The molecule has 26 heteroatoms. The van der Waals surface area contributed by atoms with E-state index in [1.807, 2.05) is 6.07 Å². The summed E-state index contributed by atoms with van der Waals surface area (Å²) in [6.45, 7) is 0. The number of hydrogen-bond acceptors (Lipinski definition) is 0. The van der Waals surface area contributed by atoms with Crippen molar-refractivity contribution in [2.24, 2.45) is 0 Å². The summed E-state index contributed by atoms with van der Waals surface area (Å²) in [4.78, 5) is 0. The van der Waals surface area contributed by atoms with Gasteiger partial charge in [0.2, 0.25) is 0 Å². The molecule has 0 N–H and O–H groups in total. The molecule has 0 heterocycles. The molecule has 0 bridgehead atoms. The van der Waals surface area contributed by atoms with Crippen LogP contribution in [-0.2, 0) is 49.4 Å². The Morgan fingerprint density at radius 2 is 0.433 bits per heavy atom. The zero-order valence-corrected chi connectivity index (χ0v) is 33.4. The van der Waals surface area contributed by atoms with Crippen LogP contribution in [0.25, 0.3) is 0 Å². The van der Waals surface area contributed by atoms with Crippen molar-refractivity contribution in [2.45, 2.75) is 49.4 Å². The molecular weight excluding hydrogens is 973 g/mol. The highest BCUT2D eigenvalue weighted by molar-refractivity contribution is 7.20. The zero-order valence-electron chi connectivity index (χ0n) is 33.4. The lowest BCUT2D eigenvalue weighted by Crippen LogP contribution is -2.75. The standard InChI is InChI=1S/C32H12BF24.C9H14N/c34-25(35,36)13-1-14(26(37,38)39)6-21(5-13)33(22-7-15(27(40,41)42)2-16(8-22)28(43,44)45,23-9-17(29(46,47)48)3-18(10-23)30(49,50)51)24-11-19(31(52,53)54)4-20(12-24)32(55,56)57;1-10(2,3)9-7-5-4-6-8-9/h1-12H;4-8H,1-3H3/q-1;+1. The average molecular weight is 999 g/mol. The highest BCUT2D eigenvalue weighted by Gasteiger charge is 2.47. The van der Waals surface area contributed by atoms with Gasteiger partial charge in [-0.3, -0.25) is 4.48 Å². The SMILES string of the molecule is C[N+](C)(C)c1ccccc1.FC(F)(F)c1cc([B-](c2cc(C(F)(F)F)cc(C(F)(F)F)c2)(c2cc(C(F)(F)F)cc(C(F)(F)F)c2)c2cc(C(F)(F)F)cc(C(F)(F)F)c2)cc(C(F)(F)F)c1. The van der Waals surface area contributed by atoms with Gasteiger partial charge in [0, 0.05) is 0 Å². The molecule has 0 aliphatic carbocycles. The van der Waals surface area contributed by atoms with Crippen molar-refractivity contribution in [2.75, 3.05) is 21.1 Å². The number of alkyl halides is 24. The van der Waals surface area contributed by atoms with E-state index < -0.39 is 195 Å². The summed E-state index contributed by atoms with van der Waals surface area (Å²) >= 11 is 0. The molecule has 5 aromatic rings. The van der Waals surface area contributed by atoms with Crippen molar-refractivity contribution in [3.05, 3.63) is 148 Å².